The topological polar surface area (TPSA) is 41.6 Å². The Balaban J connectivity index is 1.79. The standard InChI is InChI=1S/C16H22N2O2/c1-11-3-5-14(6-4-11)15-17-12(2)16(19)18(15)9-13-7-8-20-10-13/h3-6,12-13,15,17H,7-10H2,1-2H3. The number of ether oxygens (including phenoxy) is 1. The van der Waals surface area contributed by atoms with Gasteiger partial charge in [0.05, 0.1) is 12.6 Å². The van der Waals surface area contributed by atoms with Gasteiger partial charge in [0.2, 0.25) is 5.91 Å². The van der Waals surface area contributed by atoms with Gasteiger partial charge in [-0.3, -0.25) is 10.1 Å². The number of rotatable bonds is 3. The minimum atomic E-state index is -0.108. The second-order valence-corrected chi connectivity index (χ2v) is 5.92. The molecule has 2 aliphatic heterocycles. The molecule has 0 aliphatic carbocycles. The van der Waals surface area contributed by atoms with E-state index in [9.17, 15) is 4.79 Å². The van der Waals surface area contributed by atoms with Gasteiger partial charge in [-0.15, -0.1) is 0 Å². The fourth-order valence-electron chi connectivity index (χ4n) is 3.00. The molecule has 2 saturated heterocycles. The number of amides is 1. The van der Waals surface area contributed by atoms with Crippen LogP contribution in [-0.2, 0) is 9.53 Å². The fraction of sp³-hybridized carbons (Fsp3) is 0.562. The Kier molecular flexibility index (Phi) is 3.76. The summed E-state index contributed by atoms with van der Waals surface area (Å²) in [4.78, 5) is 14.3. The van der Waals surface area contributed by atoms with Crippen LogP contribution in [0.5, 0.6) is 0 Å². The summed E-state index contributed by atoms with van der Waals surface area (Å²) in [5, 5.41) is 3.40. The molecular formula is C16H22N2O2. The van der Waals surface area contributed by atoms with Crippen molar-refractivity contribution >= 4 is 5.91 Å². The lowest BCUT2D eigenvalue weighted by molar-refractivity contribution is -0.130. The molecule has 1 aromatic carbocycles. The van der Waals surface area contributed by atoms with E-state index in [1.165, 1.54) is 5.56 Å². The van der Waals surface area contributed by atoms with E-state index >= 15 is 0 Å². The minimum Gasteiger partial charge on any atom is -0.381 e. The quantitative estimate of drug-likeness (QED) is 0.914. The van der Waals surface area contributed by atoms with E-state index in [-0.39, 0.29) is 18.1 Å². The highest BCUT2D eigenvalue weighted by atomic mass is 16.5. The van der Waals surface area contributed by atoms with Crippen molar-refractivity contribution in [1.29, 1.82) is 0 Å². The largest absolute Gasteiger partial charge is 0.381 e. The zero-order chi connectivity index (χ0) is 14.1. The van der Waals surface area contributed by atoms with Crippen molar-refractivity contribution in [3.63, 3.8) is 0 Å². The Morgan fingerprint density at radius 3 is 2.75 bits per heavy atom. The number of benzene rings is 1. The van der Waals surface area contributed by atoms with Crippen LogP contribution >= 0.6 is 0 Å². The van der Waals surface area contributed by atoms with E-state index in [0.717, 1.165) is 31.7 Å². The number of carbonyl (C=O) groups excluding carboxylic acids is 1. The molecule has 2 aliphatic rings. The van der Waals surface area contributed by atoms with Crippen molar-refractivity contribution in [2.24, 2.45) is 5.92 Å². The molecule has 2 fully saturated rings. The van der Waals surface area contributed by atoms with Crippen molar-refractivity contribution in [2.75, 3.05) is 19.8 Å². The van der Waals surface area contributed by atoms with E-state index in [4.69, 9.17) is 4.74 Å². The number of hydrogen-bond acceptors (Lipinski definition) is 3. The van der Waals surface area contributed by atoms with Gasteiger partial charge in [-0.05, 0) is 25.8 Å². The first-order valence-corrected chi connectivity index (χ1v) is 7.36. The number of hydrogen-bond donors (Lipinski definition) is 1. The highest BCUT2D eigenvalue weighted by Crippen LogP contribution is 2.28. The summed E-state index contributed by atoms with van der Waals surface area (Å²) in [5.74, 6) is 0.668. The molecular weight excluding hydrogens is 252 g/mol. The Bertz CT molecular complexity index is 480. The molecule has 0 radical (unpaired) electrons. The number of nitrogens with one attached hydrogen (secondary N) is 1. The van der Waals surface area contributed by atoms with Crippen molar-refractivity contribution in [3.8, 4) is 0 Å². The Morgan fingerprint density at radius 1 is 1.35 bits per heavy atom. The normalized spacial score (nSPS) is 30.2. The predicted molar refractivity (Wildman–Crippen MR) is 77.2 cm³/mol. The summed E-state index contributed by atoms with van der Waals surface area (Å²) in [5.41, 5.74) is 2.40. The maximum atomic E-state index is 12.4. The summed E-state index contributed by atoms with van der Waals surface area (Å²) in [6.45, 7) is 6.40. The zero-order valence-corrected chi connectivity index (χ0v) is 12.1. The van der Waals surface area contributed by atoms with E-state index < -0.39 is 0 Å². The van der Waals surface area contributed by atoms with Gasteiger partial charge >= 0.3 is 0 Å². The van der Waals surface area contributed by atoms with Gasteiger partial charge < -0.3 is 9.64 Å². The predicted octanol–water partition coefficient (Wildman–Crippen LogP) is 1.85. The zero-order valence-electron chi connectivity index (χ0n) is 12.1. The van der Waals surface area contributed by atoms with Crippen molar-refractivity contribution in [1.82, 2.24) is 10.2 Å². The van der Waals surface area contributed by atoms with E-state index in [2.05, 4.69) is 36.5 Å². The summed E-state index contributed by atoms with van der Waals surface area (Å²) in [7, 11) is 0. The van der Waals surface area contributed by atoms with Crippen LogP contribution in [0.1, 0.15) is 30.6 Å². The molecule has 1 N–H and O–H groups in total. The van der Waals surface area contributed by atoms with Crippen molar-refractivity contribution in [2.45, 2.75) is 32.5 Å². The van der Waals surface area contributed by atoms with Crippen LogP contribution in [0.4, 0.5) is 0 Å². The maximum Gasteiger partial charge on any atom is 0.241 e. The second kappa shape index (κ2) is 5.54. The van der Waals surface area contributed by atoms with E-state index in [1.807, 2.05) is 11.8 Å². The van der Waals surface area contributed by atoms with Crippen LogP contribution in [0, 0.1) is 12.8 Å². The fourth-order valence-corrected chi connectivity index (χ4v) is 3.00. The molecule has 2 heterocycles. The second-order valence-electron chi connectivity index (χ2n) is 5.92. The highest BCUT2D eigenvalue weighted by molar-refractivity contribution is 5.84. The van der Waals surface area contributed by atoms with E-state index in [0.29, 0.717) is 5.92 Å². The first-order chi connectivity index (χ1) is 9.65. The molecule has 0 spiro atoms. The summed E-state index contributed by atoms with van der Waals surface area (Å²) in [6.07, 6.45) is 1.05. The number of aryl methyl sites for hydroxylation is 1. The average Bonchev–Trinajstić information content (AvgIpc) is 3.04. The van der Waals surface area contributed by atoms with Crippen LogP contribution in [0.15, 0.2) is 24.3 Å². The summed E-state index contributed by atoms with van der Waals surface area (Å²) >= 11 is 0. The third-order valence-electron chi connectivity index (χ3n) is 4.25. The Labute approximate surface area is 120 Å². The van der Waals surface area contributed by atoms with Crippen LogP contribution in [0.2, 0.25) is 0 Å². The molecule has 3 unspecified atom stereocenters. The number of carbonyl (C=O) groups is 1. The smallest absolute Gasteiger partial charge is 0.241 e. The third kappa shape index (κ3) is 2.58. The first kappa shape index (κ1) is 13.6. The van der Waals surface area contributed by atoms with Gasteiger partial charge in [-0.2, -0.15) is 0 Å². The van der Waals surface area contributed by atoms with Gasteiger partial charge in [0.25, 0.3) is 0 Å². The molecule has 3 atom stereocenters. The lowest BCUT2D eigenvalue weighted by Gasteiger charge is -2.27. The van der Waals surface area contributed by atoms with Gasteiger partial charge in [0.1, 0.15) is 6.17 Å². The molecule has 4 heteroatoms. The van der Waals surface area contributed by atoms with Crippen molar-refractivity contribution < 1.29 is 9.53 Å². The molecule has 0 bridgehead atoms. The monoisotopic (exact) mass is 274 g/mol. The van der Waals surface area contributed by atoms with Crippen molar-refractivity contribution in [3.05, 3.63) is 35.4 Å². The molecule has 3 rings (SSSR count). The average molecular weight is 274 g/mol. The molecule has 1 amide bonds. The lowest BCUT2D eigenvalue weighted by atomic mass is 10.1. The number of nitrogens with zero attached hydrogens (tertiary/aromatic N) is 1. The SMILES string of the molecule is Cc1ccc(C2NC(C)C(=O)N2CC2CCOC2)cc1. The molecule has 4 nitrogen and oxygen atoms in total. The van der Waals surface area contributed by atoms with Gasteiger partial charge in [-0.1, -0.05) is 29.8 Å². The maximum absolute atomic E-state index is 12.4. The summed E-state index contributed by atoms with van der Waals surface area (Å²) < 4.78 is 5.43. The highest BCUT2D eigenvalue weighted by Gasteiger charge is 2.38. The van der Waals surface area contributed by atoms with Crippen LogP contribution in [0.25, 0.3) is 0 Å². The summed E-state index contributed by atoms with van der Waals surface area (Å²) in [6, 6.07) is 8.30. The minimum absolute atomic E-state index is 0.00120. The van der Waals surface area contributed by atoms with Crippen LogP contribution in [-0.4, -0.2) is 36.6 Å². The first-order valence-electron chi connectivity index (χ1n) is 7.36. The molecule has 20 heavy (non-hydrogen) atoms. The molecule has 0 aromatic heterocycles. The van der Waals surface area contributed by atoms with Crippen LogP contribution in [0.3, 0.4) is 0 Å². The molecule has 0 saturated carbocycles. The Hall–Kier alpha value is -1.39. The van der Waals surface area contributed by atoms with Gasteiger partial charge in [-0.25, -0.2) is 0 Å². The van der Waals surface area contributed by atoms with E-state index in [1.54, 1.807) is 0 Å². The van der Waals surface area contributed by atoms with Gasteiger partial charge in [0.15, 0.2) is 0 Å². The van der Waals surface area contributed by atoms with Crippen LogP contribution < -0.4 is 5.32 Å². The van der Waals surface area contributed by atoms with Gasteiger partial charge in [0, 0.05) is 19.1 Å². The lowest BCUT2D eigenvalue weighted by Crippen LogP contribution is -2.35. The molecule has 108 valence electrons. The molecule has 1 aromatic rings. The third-order valence-corrected chi connectivity index (χ3v) is 4.25. The Morgan fingerprint density at radius 2 is 2.10 bits per heavy atom.